The Bertz CT molecular complexity index is 408. The summed E-state index contributed by atoms with van der Waals surface area (Å²) in [6.07, 6.45) is 0.213. The van der Waals surface area contributed by atoms with Crippen LogP contribution in [0, 0.1) is 3.57 Å². The van der Waals surface area contributed by atoms with Gasteiger partial charge in [-0.3, -0.25) is 9.69 Å². The van der Waals surface area contributed by atoms with E-state index in [4.69, 9.17) is 4.74 Å². The summed E-state index contributed by atoms with van der Waals surface area (Å²) in [4.78, 5) is 14.0. The van der Waals surface area contributed by atoms with Crippen LogP contribution >= 0.6 is 22.6 Å². The van der Waals surface area contributed by atoms with E-state index in [1.807, 2.05) is 31.2 Å². The van der Waals surface area contributed by atoms with Gasteiger partial charge in [0.25, 0.3) is 0 Å². The van der Waals surface area contributed by atoms with Crippen molar-refractivity contribution >= 4 is 34.2 Å². The summed E-state index contributed by atoms with van der Waals surface area (Å²) in [5.41, 5.74) is 0.849. The van der Waals surface area contributed by atoms with Crippen molar-refractivity contribution < 1.29 is 9.53 Å². The Morgan fingerprint density at radius 3 is 2.89 bits per heavy atom. The van der Waals surface area contributed by atoms with E-state index in [-0.39, 0.29) is 12.0 Å². The van der Waals surface area contributed by atoms with Gasteiger partial charge in [-0.1, -0.05) is 0 Å². The number of amides is 1. The molecule has 5 heteroatoms. The number of rotatable bonds is 3. The summed E-state index contributed by atoms with van der Waals surface area (Å²) in [6, 6.07) is 7.79. The number of carbonyl (C=O) groups excluding carboxylic acids is 1. The number of morpholine rings is 1. The van der Waals surface area contributed by atoms with Gasteiger partial charge in [0.15, 0.2) is 0 Å². The van der Waals surface area contributed by atoms with E-state index >= 15 is 0 Å². The first-order chi connectivity index (χ1) is 8.63. The van der Waals surface area contributed by atoms with Crippen molar-refractivity contribution in [3.05, 3.63) is 27.8 Å². The van der Waals surface area contributed by atoms with Gasteiger partial charge < -0.3 is 10.1 Å². The number of nitrogens with zero attached hydrogens (tertiary/aromatic N) is 1. The third kappa shape index (κ3) is 4.22. The molecule has 0 bridgehead atoms. The quantitative estimate of drug-likeness (QED) is 0.838. The Labute approximate surface area is 121 Å². The van der Waals surface area contributed by atoms with Crippen LogP contribution in [0.3, 0.4) is 0 Å². The molecule has 1 fully saturated rings. The maximum Gasteiger partial charge on any atom is 0.238 e. The fourth-order valence-electron chi connectivity index (χ4n) is 1.97. The number of ether oxygens (including phenoxy) is 1. The molecule has 0 unspecified atom stereocenters. The summed E-state index contributed by atoms with van der Waals surface area (Å²) < 4.78 is 6.61. The molecule has 1 aliphatic rings. The minimum atomic E-state index is 0.0327. The largest absolute Gasteiger partial charge is 0.376 e. The Morgan fingerprint density at radius 2 is 2.22 bits per heavy atom. The van der Waals surface area contributed by atoms with Crippen LogP contribution in [0.5, 0.6) is 0 Å². The maximum atomic E-state index is 11.9. The van der Waals surface area contributed by atoms with E-state index in [0.717, 1.165) is 22.3 Å². The molecule has 1 atom stereocenters. The van der Waals surface area contributed by atoms with E-state index in [1.54, 1.807) is 0 Å². The molecule has 98 valence electrons. The van der Waals surface area contributed by atoms with Gasteiger partial charge in [0, 0.05) is 22.3 Å². The molecule has 1 aromatic carbocycles. The predicted octanol–water partition coefficient (Wildman–Crippen LogP) is 1.95. The SMILES string of the molecule is C[C@@H]1CN(CC(=O)Nc2ccc(I)cc2)CCO1. The van der Waals surface area contributed by atoms with Crippen LogP contribution < -0.4 is 5.32 Å². The number of halogens is 1. The molecule has 0 spiro atoms. The van der Waals surface area contributed by atoms with Gasteiger partial charge in [-0.15, -0.1) is 0 Å². The first kappa shape index (κ1) is 13.8. The van der Waals surface area contributed by atoms with E-state index in [2.05, 4.69) is 32.8 Å². The lowest BCUT2D eigenvalue weighted by molar-refractivity contribution is -0.119. The molecule has 4 nitrogen and oxygen atoms in total. The van der Waals surface area contributed by atoms with Crippen LogP contribution in [0.25, 0.3) is 0 Å². The molecule has 1 aliphatic heterocycles. The van der Waals surface area contributed by atoms with Crippen molar-refractivity contribution in [1.29, 1.82) is 0 Å². The molecule has 18 heavy (non-hydrogen) atoms. The van der Waals surface area contributed by atoms with Gasteiger partial charge in [-0.05, 0) is 53.8 Å². The summed E-state index contributed by atoms with van der Waals surface area (Å²) in [5.74, 6) is 0.0327. The molecule has 1 aromatic rings. The molecular weight excluding hydrogens is 343 g/mol. The van der Waals surface area contributed by atoms with Gasteiger partial charge in [0.1, 0.15) is 0 Å². The number of carbonyl (C=O) groups is 1. The molecule has 0 radical (unpaired) electrons. The Kier molecular flexibility index (Phi) is 4.96. The second-order valence-corrected chi connectivity index (χ2v) is 5.72. The monoisotopic (exact) mass is 360 g/mol. The number of nitrogens with one attached hydrogen (secondary N) is 1. The number of benzene rings is 1. The Balaban J connectivity index is 1.83. The highest BCUT2D eigenvalue weighted by atomic mass is 127. The highest BCUT2D eigenvalue weighted by molar-refractivity contribution is 14.1. The van der Waals surface area contributed by atoms with Gasteiger partial charge in [0.05, 0.1) is 19.3 Å². The van der Waals surface area contributed by atoms with E-state index in [0.29, 0.717) is 13.2 Å². The van der Waals surface area contributed by atoms with Gasteiger partial charge in [-0.2, -0.15) is 0 Å². The molecule has 1 saturated heterocycles. The van der Waals surface area contributed by atoms with Crippen LogP contribution in [0.4, 0.5) is 5.69 Å². The molecule has 1 amide bonds. The fraction of sp³-hybridized carbons (Fsp3) is 0.462. The average Bonchev–Trinajstić information content (AvgIpc) is 2.32. The van der Waals surface area contributed by atoms with Crippen molar-refractivity contribution in [3.63, 3.8) is 0 Å². The summed E-state index contributed by atoms with van der Waals surface area (Å²) >= 11 is 2.24. The average molecular weight is 360 g/mol. The first-order valence-corrected chi connectivity index (χ1v) is 7.11. The minimum Gasteiger partial charge on any atom is -0.376 e. The van der Waals surface area contributed by atoms with Crippen LogP contribution in [-0.2, 0) is 9.53 Å². The number of hydrogen-bond acceptors (Lipinski definition) is 3. The fourth-order valence-corrected chi connectivity index (χ4v) is 2.33. The topological polar surface area (TPSA) is 41.6 Å². The van der Waals surface area contributed by atoms with Crippen LogP contribution in [0.2, 0.25) is 0 Å². The molecule has 1 heterocycles. The number of hydrogen-bond donors (Lipinski definition) is 1. The van der Waals surface area contributed by atoms with Crippen LogP contribution in [0.15, 0.2) is 24.3 Å². The lowest BCUT2D eigenvalue weighted by atomic mass is 10.3. The zero-order chi connectivity index (χ0) is 13.0. The third-order valence-corrected chi connectivity index (χ3v) is 3.54. The maximum absolute atomic E-state index is 11.9. The summed E-state index contributed by atoms with van der Waals surface area (Å²) in [6.45, 7) is 4.81. The normalized spacial score (nSPS) is 20.7. The highest BCUT2D eigenvalue weighted by Crippen LogP contribution is 2.11. The zero-order valence-electron chi connectivity index (χ0n) is 10.4. The highest BCUT2D eigenvalue weighted by Gasteiger charge is 2.18. The van der Waals surface area contributed by atoms with Crippen molar-refractivity contribution in [2.75, 3.05) is 31.6 Å². The second kappa shape index (κ2) is 6.49. The predicted molar refractivity (Wildman–Crippen MR) is 79.6 cm³/mol. The standard InChI is InChI=1S/C13H17IN2O2/c1-10-8-16(6-7-18-10)9-13(17)15-12-4-2-11(14)3-5-12/h2-5,10H,6-9H2,1H3,(H,15,17)/t10-/m1/s1. The summed E-state index contributed by atoms with van der Waals surface area (Å²) in [7, 11) is 0. The van der Waals surface area contributed by atoms with E-state index in [1.165, 1.54) is 0 Å². The lowest BCUT2D eigenvalue weighted by Crippen LogP contribution is -2.44. The van der Waals surface area contributed by atoms with Crippen molar-refractivity contribution in [3.8, 4) is 0 Å². The van der Waals surface area contributed by atoms with E-state index < -0.39 is 0 Å². The van der Waals surface area contributed by atoms with Crippen molar-refractivity contribution in [2.45, 2.75) is 13.0 Å². The Hall–Kier alpha value is -0.660. The van der Waals surface area contributed by atoms with Crippen LogP contribution in [-0.4, -0.2) is 43.2 Å². The van der Waals surface area contributed by atoms with Gasteiger partial charge in [0.2, 0.25) is 5.91 Å². The van der Waals surface area contributed by atoms with Gasteiger partial charge in [-0.25, -0.2) is 0 Å². The molecular formula is C13H17IN2O2. The van der Waals surface area contributed by atoms with Crippen LogP contribution in [0.1, 0.15) is 6.92 Å². The zero-order valence-corrected chi connectivity index (χ0v) is 12.5. The second-order valence-electron chi connectivity index (χ2n) is 4.47. The Morgan fingerprint density at radius 1 is 1.50 bits per heavy atom. The lowest BCUT2D eigenvalue weighted by Gasteiger charge is -2.30. The van der Waals surface area contributed by atoms with Crippen molar-refractivity contribution in [2.24, 2.45) is 0 Å². The number of anilines is 1. The smallest absolute Gasteiger partial charge is 0.238 e. The molecule has 1 N–H and O–H groups in total. The molecule has 0 aliphatic carbocycles. The third-order valence-electron chi connectivity index (χ3n) is 2.82. The molecule has 0 saturated carbocycles. The minimum absolute atomic E-state index is 0.0327. The molecule has 0 aromatic heterocycles. The first-order valence-electron chi connectivity index (χ1n) is 6.03. The van der Waals surface area contributed by atoms with E-state index in [9.17, 15) is 4.79 Å². The molecule has 2 rings (SSSR count). The summed E-state index contributed by atoms with van der Waals surface area (Å²) in [5, 5.41) is 2.91. The van der Waals surface area contributed by atoms with Gasteiger partial charge >= 0.3 is 0 Å². The van der Waals surface area contributed by atoms with Crippen molar-refractivity contribution in [1.82, 2.24) is 4.90 Å².